The zero-order valence-corrected chi connectivity index (χ0v) is 9.86. The minimum atomic E-state index is -0.587. The topological polar surface area (TPSA) is 78.4 Å². The summed E-state index contributed by atoms with van der Waals surface area (Å²) in [5.41, 5.74) is 0.402. The largest absolute Gasteiger partial charge is 0.508 e. The molecular formula is C12H16N2O3. The number of amides is 2. The van der Waals surface area contributed by atoms with E-state index in [9.17, 15) is 9.59 Å². The molecule has 17 heavy (non-hydrogen) atoms. The number of phenolic OH excluding ortho intramolecular Hbond substituents is 1. The van der Waals surface area contributed by atoms with Crippen molar-refractivity contribution < 1.29 is 14.7 Å². The summed E-state index contributed by atoms with van der Waals surface area (Å²) in [4.78, 5) is 23.1. The molecule has 0 aliphatic heterocycles. The fourth-order valence-electron chi connectivity index (χ4n) is 1.29. The highest BCUT2D eigenvalue weighted by atomic mass is 16.3. The SMILES string of the molecule is CCNC(=O)C(C)NC(=O)c1ccc(O)cc1. The van der Waals surface area contributed by atoms with Crippen molar-refractivity contribution in [2.45, 2.75) is 19.9 Å². The van der Waals surface area contributed by atoms with Gasteiger partial charge in [-0.3, -0.25) is 9.59 Å². The summed E-state index contributed by atoms with van der Waals surface area (Å²) in [7, 11) is 0. The lowest BCUT2D eigenvalue weighted by Crippen LogP contribution is -2.44. The molecule has 1 aromatic carbocycles. The van der Waals surface area contributed by atoms with Gasteiger partial charge in [-0.2, -0.15) is 0 Å². The zero-order valence-electron chi connectivity index (χ0n) is 9.86. The van der Waals surface area contributed by atoms with Crippen LogP contribution in [0.2, 0.25) is 0 Å². The van der Waals surface area contributed by atoms with Crippen molar-refractivity contribution in [1.29, 1.82) is 0 Å². The Hall–Kier alpha value is -2.04. The molecule has 0 spiro atoms. The standard InChI is InChI=1S/C12H16N2O3/c1-3-13-11(16)8(2)14-12(17)9-4-6-10(15)7-5-9/h4-8,15H,3H2,1-2H3,(H,13,16)(H,14,17). The van der Waals surface area contributed by atoms with E-state index in [0.717, 1.165) is 0 Å². The van der Waals surface area contributed by atoms with Crippen molar-refractivity contribution in [1.82, 2.24) is 10.6 Å². The lowest BCUT2D eigenvalue weighted by Gasteiger charge is -2.13. The Morgan fingerprint density at radius 1 is 1.29 bits per heavy atom. The molecule has 92 valence electrons. The minimum absolute atomic E-state index is 0.0957. The number of carbonyl (C=O) groups excluding carboxylic acids is 2. The van der Waals surface area contributed by atoms with Gasteiger partial charge in [0.05, 0.1) is 0 Å². The third-order valence-corrected chi connectivity index (χ3v) is 2.22. The molecule has 5 heteroatoms. The second-order valence-corrected chi connectivity index (χ2v) is 3.64. The Labute approximate surface area is 99.8 Å². The molecule has 0 aromatic heterocycles. The van der Waals surface area contributed by atoms with Crippen LogP contribution in [-0.2, 0) is 4.79 Å². The highest BCUT2D eigenvalue weighted by molar-refractivity contribution is 5.97. The normalized spacial score (nSPS) is 11.6. The van der Waals surface area contributed by atoms with E-state index in [2.05, 4.69) is 10.6 Å². The van der Waals surface area contributed by atoms with Crippen LogP contribution in [0.3, 0.4) is 0 Å². The van der Waals surface area contributed by atoms with Gasteiger partial charge in [0, 0.05) is 12.1 Å². The van der Waals surface area contributed by atoms with Gasteiger partial charge in [0.2, 0.25) is 5.91 Å². The van der Waals surface area contributed by atoms with Crippen LogP contribution in [-0.4, -0.2) is 29.5 Å². The first-order valence-electron chi connectivity index (χ1n) is 5.42. The van der Waals surface area contributed by atoms with Gasteiger partial charge in [-0.1, -0.05) is 0 Å². The Kier molecular flexibility index (Phi) is 4.51. The smallest absolute Gasteiger partial charge is 0.251 e. The second kappa shape index (κ2) is 5.89. The maximum absolute atomic E-state index is 11.7. The predicted molar refractivity (Wildman–Crippen MR) is 63.7 cm³/mol. The Balaban J connectivity index is 2.60. The number of aromatic hydroxyl groups is 1. The van der Waals surface area contributed by atoms with E-state index in [4.69, 9.17) is 5.11 Å². The summed E-state index contributed by atoms with van der Waals surface area (Å²) in [6.45, 7) is 3.95. The van der Waals surface area contributed by atoms with E-state index >= 15 is 0 Å². The summed E-state index contributed by atoms with van der Waals surface area (Å²) >= 11 is 0. The van der Waals surface area contributed by atoms with Crippen molar-refractivity contribution in [3.63, 3.8) is 0 Å². The number of hydrogen-bond donors (Lipinski definition) is 3. The summed E-state index contributed by atoms with van der Waals surface area (Å²) in [6, 6.07) is 5.25. The first-order chi connectivity index (χ1) is 8.04. The quantitative estimate of drug-likeness (QED) is 0.718. The number of benzene rings is 1. The van der Waals surface area contributed by atoms with E-state index < -0.39 is 6.04 Å². The van der Waals surface area contributed by atoms with E-state index in [-0.39, 0.29) is 17.6 Å². The molecule has 1 rings (SSSR count). The van der Waals surface area contributed by atoms with Gasteiger partial charge >= 0.3 is 0 Å². The fourth-order valence-corrected chi connectivity index (χ4v) is 1.29. The van der Waals surface area contributed by atoms with Crippen LogP contribution in [0.4, 0.5) is 0 Å². The first kappa shape index (κ1) is 13.0. The molecule has 1 aromatic rings. The molecule has 2 amide bonds. The van der Waals surface area contributed by atoms with Crippen LogP contribution in [0.25, 0.3) is 0 Å². The lowest BCUT2D eigenvalue weighted by molar-refractivity contribution is -0.122. The lowest BCUT2D eigenvalue weighted by atomic mass is 10.2. The maximum Gasteiger partial charge on any atom is 0.251 e. The molecule has 0 saturated heterocycles. The van der Waals surface area contributed by atoms with E-state index in [1.807, 2.05) is 6.92 Å². The molecule has 0 saturated carbocycles. The summed E-state index contributed by atoms with van der Waals surface area (Å²) in [5, 5.41) is 14.3. The molecule has 0 aliphatic rings. The van der Waals surface area contributed by atoms with Crippen LogP contribution in [0.5, 0.6) is 5.75 Å². The van der Waals surface area contributed by atoms with Gasteiger partial charge in [-0.15, -0.1) is 0 Å². The van der Waals surface area contributed by atoms with Crippen LogP contribution in [0.1, 0.15) is 24.2 Å². The van der Waals surface area contributed by atoms with Crippen molar-refractivity contribution in [2.75, 3.05) is 6.54 Å². The molecule has 5 nitrogen and oxygen atoms in total. The Morgan fingerprint density at radius 2 is 1.88 bits per heavy atom. The van der Waals surface area contributed by atoms with Crippen molar-refractivity contribution in [3.8, 4) is 5.75 Å². The fraction of sp³-hybridized carbons (Fsp3) is 0.333. The molecular weight excluding hydrogens is 220 g/mol. The first-order valence-corrected chi connectivity index (χ1v) is 5.42. The van der Waals surface area contributed by atoms with Crippen LogP contribution >= 0.6 is 0 Å². The predicted octanol–water partition coefficient (Wildman–Crippen LogP) is 0.647. The van der Waals surface area contributed by atoms with Crippen molar-refractivity contribution >= 4 is 11.8 Å². The average Bonchev–Trinajstić information content (AvgIpc) is 2.30. The average molecular weight is 236 g/mol. The third-order valence-electron chi connectivity index (χ3n) is 2.22. The molecule has 0 fully saturated rings. The van der Waals surface area contributed by atoms with Gasteiger partial charge in [0.15, 0.2) is 0 Å². The molecule has 1 atom stereocenters. The van der Waals surface area contributed by atoms with Crippen LogP contribution in [0, 0.1) is 0 Å². The van der Waals surface area contributed by atoms with Gasteiger partial charge in [0.1, 0.15) is 11.8 Å². The molecule has 3 N–H and O–H groups in total. The van der Waals surface area contributed by atoms with E-state index in [1.165, 1.54) is 24.3 Å². The van der Waals surface area contributed by atoms with E-state index in [0.29, 0.717) is 12.1 Å². The van der Waals surface area contributed by atoms with Gasteiger partial charge in [0.25, 0.3) is 5.91 Å². The number of phenols is 1. The third kappa shape index (κ3) is 3.79. The van der Waals surface area contributed by atoms with Crippen molar-refractivity contribution in [3.05, 3.63) is 29.8 Å². The summed E-state index contributed by atoms with van der Waals surface area (Å²) in [5.74, 6) is -0.471. The summed E-state index contributed by atoms with van der Waals surface area (Å²) < 4.78 is 0. The highest BCUT2D eigenvalue weighted by Crippen LogP contribution is 2.09. The van der Waals surface area contributed by atoms with Crippen LogP contribution in [0.15, 0.2) is 24.3 Å². The maximum atomic E-state index is 11.7. The number of hydrogen-bond acceptors (Lipinski definition) is 3. The molecule has 0 radical (unpaired) electrons. The summed E-state index contributed by atoms with van der Waals surface area (Å²) in [6.07, 6.45) is 0. The van der Waals surface area contributed by atoms with Gasteiger partial charge in [-0.25, -0.2) is 0 Å². The number of carbonyl (C=O) groups is 2. The van der Waals surface area contributed by atoms with Gasteiger partial charge in [-0.05, 0) is 38.1 Å². The molecule has 0 bridgehead atoms. The van der Waals surface area contributed by atoms with E-state index in [1.54, 1.807) is 6.92 Å². The molecule has 0 heterocycles. The number of likely N-dealkylation sites (N-methyl/N-ethyl adjacent to an activating group) is 1. The Morgan fingerprint density at radius 3 is 2.41 bits per heavy atom. The zero-order chi connectivity index (χ0) is 12.8. The number of rotatable bonds is 4. The molecule has 0 aliphatic carbocycles. The Bertz CT molecular complexity index is 401. The number of nitrogens with one attached hydrogen (secondary N) is 2. The van der Waals surface area contributed by atoms with Gasteiger partial charge < -0.3 is 15.7 Å². The molecule has 1 unspecified atom stereocenters. The minimum Gasteiger partial charge on any atom is -0.508 e. The monoisotopic (exact) mass is 236 g/mol. The second-order valence-electron chi connectivity index (χ2n) is 3.64. The van der Waals surface area contributed by atoms with Crippen molar-refractivity contribution in [2.24, 2.45) is 0 Å². The highest BCUT2D eigenvalue weighted by Gasteiger charge is 2.15. The van der Waals surface area contributed by atoms with Crippen LogP contribution < -0.4 is 10.6 Å².